The van der Waals surface area contributed by atoms with Gasteiger partial charge in [0.05, 0.1) is 12.7 Å². The zero-order valence-corrected chi connectivity index (χ0v) is 9.25. The summed E-state index contributed by atoms with van der Waals surface area (Å²) in [7, 11) is 1.51. The van der Waals surface area contributed by atoms with Crippen LogP contribution in [0.15, 0.2) is 42.6 Å². The number of hydrogen-bond acceptors (Lipinski definition) is 3. The van der Waals surface area contributed by atoms with E-state index in [0.29, 0.717) is 11.4 Å². The summed E-state index contributed by atoms with van der Waals surface area (Å²) in [6.07, 6.45) is 1.29. The van der Waals surface area contributed by atoms with E-state index in [-0.39, 0.29) is 5.56 Å². The predicted molar refractivity (Wildman–Crippen MR) is 63.2 cm³/mol. The number of ether oxygens (including phenoxy) is 1. The molecule has 0 aliphatic carbocycles. The molecule has 1 N–H and O–H groups in total. The smallest absolute Gasteiger partial charge is 0.337 e. The number of pyridine rings is 1. The van der Waals surface area contributed by atoms with Gasteiger partial charge in [-0.15, -0.1) is 0 Å². The lowest BCUT2D eigenvalue weighted by Gasteiger charge is -2.08. The lowest BCUT2D eigenvalue weighted by atomic mass is 10.1. The molecule has 0 aliphatic heterocycles. The molecule has 0 bridgehead atoms. The van der Waals surface area contributed by atoms with Crippen LogP contribution in [0.25, 0.3) is 11.1 Å². The third-order valence-corrected chi connectivity index (χ3v) is 2.38. The Kier molecular flexibility index (Phi) is 3.05. The highest BCUT2D eigenvalue weighted by Crippen LogP contribution is 2.28. The molecule has 0 atom stereocenters. The van der Waals surface area contributed by atoms with Crippen LogP contribution in [0.5, 0.6) is 5.88 Å². The van der Waals surface area contributed by atoms with Crippen molar-refractivity contribution in [3.63, 3.8) is 0 Å². The molecule has 0 spiro atoms. The fraction of sp³-hybridized carbons (Fsp3) is 0.0769. The van der Waals surface area contributed by atoms with Gasteiger partial charge < -0.3 is 9.84 Å². The van der Waals surface area contributed by atoms with E-state index in [4.69, 9.17) is 9.84 Å². The van der Waals surface area contributed by atoms with Gasteiger partial charge in [-0.3, -0.25) is 0 Å². The molecule has 1 heterocycles. The van der Waals surface area contributed by atoms with E-state index in [1.54, 1.807) is 6.07 Å². The zero-order chi connectivity index (χ0) is 12.3. The van der Waals surface area contributed by atoms with E-state index in [1.165, 1.54) is 13.3 Å². The van der Waals surface area contributed by atoms with Crippen molar-refractivity contribution in [2.24, 2.45) is 0 Å². The molecule has 0 aliphatic rings. The Balaban J connectivity index is 2.58. The first-order valence-electron chi connectivity index (χ1n) is 5.05. The average Bonchev–Trinajstić information content (AvgIpc) is 2.39. The van der Waals surface area contributed by atoms with Crippen LogP contribution in [-0.2, 0) is 0 Å². The third-order valence-electron chi connectivity index (χ3n) is 2.38. The standard InChI is InChI=1S/C13H11NO3/c1-17-12-11(9-5-3-2-4-6-9)7-10(8-14-12)13(15)16/h2-8H,1H3,(H,15,16). The number of rotatable bonds is 3. The number of carboxylic acid groups (broad SMARTS) is 1. The molecule has 2 rings (SSSR count). The van der Waals surface area contributed by atoms with Crippen molar-refractivity contribution in [1.29, 1.82) is 0 Å². The normalized spacial score (nSPS) is 9.94. The first-order chi connectivity index (χ1) is 8.22. The highest BCUT2D eigenvalue weighted by Gasteiger charge is 2.11. The monoisotopic (exact) mass is 229 g/mol. The number of methoxy groups -OCH3 is 1. The molecular formula is C13H11NO3. The first-order valence-corrected chi connectivity index (χ1v) is 5.05. The lowest BCUT2D eigenvalue weighted by Crippen LogP contribution is -2.00. The maximum absolute atomic E-state index is 10.9. The van der Waals surface area contributed by atoms with Gasteiger partial charge in [-0.25, -0.2) is 9.78 Å². The second-order valence-electron chi connectivity index (χ2n) is 3.45. The second-order valence-corrected chi connectivity index (χ2v) is 3.45. The van der Waals surface area contributed by atoms with Crippen molar-refractivity contribution in [2.75, 3.05) is 7.11 Å². The van der Waals surface area contributed by atoms with Gasteiger partial charge in [0.1, 0.15) is 0 Å². The molecule has 0 unspecified atom stereocenters. The van der Waals surface area contributed by atoms with Crippen molar-refractivity contribution in [1.82, 2.24) is 4.98 Å². The second kappa shape index (κ2) is 4.65. The van der Waals surface area contributed by atoms with E-state index >= 15 is 0 Å². The molecular weight excluding hydrogens is 218 g/mol. The lowest BCUT2D eigenvalue weighted by molar-refractivity contribution is 0.0696. The van der Waals surface area contributed by atoms with Crippen LogP contribution in [0.3, 0.4) is 0 Å². The number of carbonyl (C=O) groups is 1. The number of nitrogens with zero attached hydrogens (tertiary/aromatic N) is 1. The number of carboxylic acids is 1. The minimum Gasteiger partial charge on any atom is -0.481 e. The number of benzene rings is 1. The van der Waals surface area contributed by atoms with Crippen molar-refractivity contribution >= 4 is 5.97 Å². The summed E-state index contributed by atoms with van der Waals surface area (Å²) in [5, 5.41) is 8.94. The van der Waals surface area contributed by atoms with Crippen LogP contribution in [0.4, 0.5) is 0 Å². The summed E-state index contributed by atoms with van der Waals surface area (Å²) < 4.78 is 5.13. The summed E-state index contributed by atoms with van der Waals surface area (Å²) in [4.78, 5) is 14.9. The molecule has 0 saturated heterocycles. The van der Waals surface area contributed by atoms with Gasteiger partial charge in [-0.05, 0) is 11.6 Å². The molecule has 86 valence electrons. The minimum absolute atomic E-state index is 0.143. The highest BCUT2D eigenvalue weighted by molar-refractivity contribution is 5.89. The third kappa shape index (κ3) is 2.25. The van der Waals surface area contributed by atoms with Gasteiger partial charge in [-0.2, -0.15) is 0 Å². The fourth-order valence-electron chi connectivity index (χ4n) is 1.56. The predicted octanol–water partition coefficient (Wildman–Crippen LogP) is 2.46. The number of hydrogen-bond donors (Lipinski definition) is 1. The van der Waals surface area contributed by atoms with E-state index < -0.39 is 5.97 Å². The minimum atomic E-state index is -1.00. The summed E-state index contributed by atoms with van der Waals surface area (Å²) in [6, 6.07) is 11.0. The topological polar surface area (TPSA) is 59.4 Å². The van der Waals surface area contributed by atoms with Gasteiger partial charge in [0, 0.05) is 11.8 Å². The maximum Gasteiger partial charge on any atom is 0.337 e. The molecule has 4 heteroatoms. The zero-order valence-electron chi connectivity index (χ0n) is 9.25. The maximum atomic E-state index is 10.9. The van der Waals surface area contributed by atoms with Crippen LogP contribution in [0.1, 0.15) is 10.4 Å². The quantitative estimate of drug-likeness (QED) is 0.878. The molecule has 0 saturated carbocycles. The fourth-order valence-corrected chi connectivity index (χ4v) is 1.56. The Morgan fingerprint density at radius 1 is 1.29 bits per heavy atom. The van der Waals surface area contributed by atoms with Crippen LogP contribution < -0.4 is 4.74 Å². The molecule has 1 aromatic carbocycles. The Bertz CT molecular complexity index is 538. The van der Waals surface area contributed by atoms with Crippen LogP contribution in [-0.4, -0.2) is 23.2 Å². The van der Waals surface area contributed by atoms with E-state index in [9.17, 15) is 4.79 Å². The molecule has 0 radical (unpaired) electrons. The van der Waals surface area contributed by atoms with Gasteiger partial charge >= 0.3 is 5.97 Å². The van der Waals surface area contributed by atoms with E-state index in [1.807, 2.05) is 30.3 Å². The van der Waals surface area contributed by atoms with E-state index in [0.717, 1.165) is 5.56 Å². The summed E-state index contributed by atoms with van der Waals surface area (Å²) in [5.74, 6) is -0.585. The van der Waals surface area contributed by atoms with Gasteiger partial charge in [0.15, 0.2) is 0 Å². The highest BCUT2D eigenvalue weighted by atomic mass is 16.5. The number of aromatic nitrogens is 1. The molecule has 17 heavy (non-hydrogen) atoms. The van der Waals surface area contributed by atoms with Crippen molar-refractivity contribution in [2.45, 2.75) is 0 Å². The Morgan fingerprint density at radius 2 is 2.00 bits per heavy atom. The summed E-state index contributed by atoms with van der Waals surface area (Å²) >= 11 is 0. The molecule has 0 fully saturated rings. The Labute approximate surface area is 98.5 Å². The number of aromatic carboxylic acids is 1. The SMILES string of the molecule is COc1ncc(C(=O)O)cc1-c1ccccc1. The summed E-state index contributed by atoms with van der Waals surface area (Å²) in [5.41, 5.74) is 1.69. The largest absolute Gasteiger partial charge is 0.481 e. The molecule has 0 amide bonds. The first kappa shape index (κ1) is 11.1. The average molecular weight is 229 g/mol. The van der Waals surface area contributed by atoms with Gasteiger partial charge in [0.2, 0.25) is 5.88 Å². The molecule has 2 aromatic rings. The van der Waals surface area contributed by atoms with Gasteiger partial charge in [0.25, 0.3) is 0 Å². The Hall–Kier alpha value is -2.36. The Morgan fingerprint density at radius 3 is 2.59 bits per heavy atom. The summed E-state index contributed by atoms with van der Waals surface area (Å²) in [6.45, 7) is 0. The van der Waals surface area contributed by atoms with Gasteiger partial charge in [-0.1, -0.05) is 30.3 Å². The van der Waals surface area contributed by atoms with Crippen LogP contribution >= 0.6 is 0 Å². The molecule has 1 aromatic heterocycles. The van der Waals surface area contributed by atoms with Crippen molar-refractivity contribution in [3.8, 4) is 17.0 Å². The van der Waals surface area contributed by atoms with Crippen LogP contribution in [0, 0.1) is 0 Å². The van der Waals surface area contributed by atoms with Crippen molar-refractivity contribution < 1.29 is 14.6 Å². The van der Waals surface area contributed by atoms with Crippen molar-refractivity contribution in [3.05, 3.63) is 48.2 Å². The molecule has 4 nitrogen and oxygen atoms in total. The van der Waals surface area contributed by atoms with E-state index in [2.05, 4.69) is 4.98 Å². The van der Waals surface area contributed by atoms with Crippen LogP contribution in [0.2, 0.25) is 0 Å².